The van der Waals surface area contributed by atoms with Crippen molar-refractivity contribution in [1.29, 1.82) is 0 Å². The highest BCUT2D eigenvalue weighted by atomic mass is 15.0. The number of anilines is 1. The van der Waals surface area contributed by atoms with Crippen LogP contribution in [0.4, 0.5) is 5.69 Å². The van der Waals surface area contributed by atoms with Crippen LogP contribution in [0.2, 0.25) is 0 Å². The summed E-state index contributed by atoms with van der Waals surface area (Å²) >= 11 is 0. The summed E-state index contributed by atoms with van der Waals surface area (Å²) < 4.78 is 0. The maximum absolute atomic E-state index is 4.45. The van der Waals surface area contributed by atoms with Crippen molar-refractivity contribution in [2.75, 3.05) is 5.32 Å². The van der Waals surface area contributed by atoms with Crippen molar-refractivity contribution in [3.63, 3.8) is 0 Å². The molecule has 0 spiro atoms. The number of aromatic nitrogens is 1. The van der Waals surface area contributed by atoms with Gasteiger partial charge in [-0.05, 0) is 36.1 Å². The van der Waals surface area contributed by atoms with Crippen LogP contribution in [0.3, 0.4) is 0 Å². The number of nitrogens with one attached hydrogen (secondary N) is 1. The first kappa shape index (κ1) is 10.3. The molecule has 0 aliphatic carbocycles. The van der Waals surface area contributed by atoms with E-state index in [9.17, 15) is 0 Å². The first-order valence-corrected chi connectivity index (χ1v) is 6.11. The molecule has 1 N–H and O–H groups in total. The van der Waals surface area contributed by atoms with E-state index >= 15 is 0 Å². The van der Waals surface area contributed by atoms with Gasteiger partial charge in [-0.15, -0.1) is 0 Å². The standard InChI is InChI=1S/C15H16N2/c1-11-10-15(14-8-4-5-9-16-14)17-13-7-3-2-6-12(11)13/h2-9,11,15,17H,10H2,1H3. The quantitative estimate of drug-likeness (QED) is 0.798. The lowest BCUT2D eigenvalue weighted by molar-refractivity contribution is 0.569. The fourth-order valence-electron chi connectivity index (χ4n) is 2.56. The van der Waals surface area contributed by atoms with Crippen molar-refractivity contribution in [1.82, 2.24) is 4.98 Å². The molecule has 0 amide bonds. The van der Waals surface area contributed by atoms with Gasteiger partial charge >= 0.3 is 0 Å². The summed E-state index contributed by atoms with van der Waals surface area (Å²) in [5.41, 5.74) is 3.80. The predicted molar refractivity (Wildman–Crippen MR) is 70.1 cm³/mol. The average molecular weight is 224 g/mol. The molecular weight excluding hydrogens is 208 g/mol. The van der Waals surface area contributed by atoms with Gasteiger partial charge in [0.2, 0.25) is 0 Å². The van der Waals surface area contributed by atoms with Crippen molar-refractivity contribution < 1.29 is 0 Å². The van der Waals surface area contributed by atoms with Gasteiger partial charge in [0.15, 0.2) is 0 Å². The van der Waals surface area contributed by atoms with Crippen LogP contribution < -0.4 is 5.32 Å². The molecule has 2 unspecified atom stereocenters. The van der Waals surface area contributed by atoms with Crippen LogP contribution in [-0.2, 0) is 0 Å². The number of hydrogen-bond acceptors (Lipinski definition) is 2. The zero-order valence-electron chi connectivity index (χ0n) is 9.93. The minimum atomic E-state index is 0.334. The van der Waals surface area contributed by atoms with E-state index in [0.29, 0.717) is 12.0 Å². The molecule has 0 saturated carbocycles. The van der Waals surface area contributed by atoms with Crippen LogP contribution in [0, 0.1) is 0 Å². The Morgan fingerprint density at radius 3 is 2.76 bits per heavy atom. The van der Waals surface area contributed by atoms with Crippen LogP contribution in [0.15, 0.2) is 48.7 Å². The second-order valence-electron chi connectivity index (χ2n) is 4.68. The number of rotatable bonds is 1. The number of benzene rings is 1. The monoisotopic (exact) mass is 224 g/mol. The fraction of sp³-hybridized carbons (Fsp3) is 0.267. The van der Waals surface area contributed by atoms with E-state index in [4.69, 9.17) is 0 Å². The second-order valence-corrected chi connectivity index (χ2v) is 4.68. The van der Waals surface area contributed by atoms with Gasteiger partial charge in [-0.1, -0.05) is 31.2 Å². The summed E-state index contributed by atoms with van der Waals surface area (Å²) in [6, 6.07) is 15.0. The molecule has 2 heterocycles. The van der Waals surface area contributed by atoms with E-state index in [1.165, 1.54) is 11.3 Å². The molecule has 3 rings (SSSR count). The SMILES string of the molecule is CC1CC(c2ccccn2)Nc2ccccc21. The Hall–Kier alpha value is -1.83. The molecule has 2 nitrogen and oxygen atoms in total. The lowest BCUT2D eigenvalue weighted by Gasteiger charge is -2.31. The van der Waals surface area contributed by atoms with Crippen molar-refractivity contribution in [3.8, 4) is 0 Å². The lowest BCUT2D eigenvalue weighted by Crippen LogP contribution is -2.21. The molecule has 2 heteroatoms. The molecule has 0 radical (unpaired) electrons. The summed E-state index contributed by atoms with van der Waals surface area (Å²) in [4.78, 5) is 4.45. The zero-order valence-corrected chi connectivity index (χ0v) is 9.93. The third kappa shape index (κ3) is 1.91. The van der Waals surface area contributed by atoms with Gasteiger partial charge in [-0.2, -0.15) is 0 Å². The minimum Gasteiger partial charge on any atom is -0.376 e. The fourth-order valence-corrected chi connectivity index (χ4v) is 2.56. The van der Waals surface area contributed by atoms with E-state index in [0.717, 1.165) is 12.1 Å². The summed E-state index contributed by atoms with van der Waals surface area (Å²) in [6.07, 6.45) is 2.97. The Kier molecular flexibility index (Phi) is 2.56. The molecule has 2 atom stereocenters. The highest BCUT2D eigenvalue weighted by molar-refractivity contribution is 5.56. The van der Waals surface area contributed by atoms with Crippen LogP contribution in [0.5, 0.6) is 0 Å². The first-order chi connectivity index (χ1) is 8.34. The van der Waals surface area contributed by atoms with Gasteiger partial charge in [0.1, 0.15) is 0 Å². The molecular formula is C15H16N2. The average Bonchev–Trinajstić information content (AvgIpc) is 2.40. The number of pyridine rings is 1. The van der Waals surface area contributed by atoms with Crippen LogP contribution in [0.25, 0.3) is 0 Å². The van der Waals surface area contributed by atoms with E-state index in [1.54, 1.807) is 0 Å². The minimum absolute atomic E-state index is 0.334. The second kappa shape index (κ2) is 4.21. The lowest BCUT2D eigenvalue weighted by atomic mass is 9.87. The molecule has 86 valence electrons. The number of para-hydroxylation sites is 1. The van der Waals surface area contributed by atoms with Crippen molar-refractivity contribution in [2.45, 2.75) is 25.3 Å². The highest BCUT2D eigenvalue weighted by Gasteiger charge is 2.24. The maximum Gasteiger partial charge on any atom is 0.0691 e. The normalized spacial score (nSPS) is 22.6. The number of fused-ring (bicyclic) bond motifs is 1. The summed E-state index contributed by atoms with van der Waals surface area (Å²) in [5.74, 6) is 0.583. The molecule has 17 heavy (non-hydrogen) atoms. The molecule has 1 aliphatic heterocycles. The highest BCUT2D eigenvalue weighted by Crippen LogP contribution is 2.38. The molecule has 1 aliphatic rings. The van der Waals surface area contributed by atoms with Gasteiger partial charge in [-0.25, -0.2) is 0 Å². The third-order valence-electron chi connectivity index (χ3n) is 3.46. The van der Waals surface area contributed by atoms with E-state index in [-0.39, 0.29) is 0 Å². The van der Waals surface area contributed by atoms with Gasteiger partial charge < -0.3 is 5.32 Å². The Labute approximate surface area is 102 Å². The van der Waals surface area contributed by atoms with E-state index < -0.39 is 0 Å². The van der Waals surface area contributed by atoms with E-state index in [2.05, 4.69) is 53.6 Å². The van der Waals surface area contributed by atoms with Crippen molar-refractivity contribution >= 4 is 5.69 Å². The number of hydrogen-bond donors (Lipinski definition) is 1. The molecule has 0 fully saturated rings. The molecule has 0 bridgehead atoms. The topological polar surface area (TPSA) is 24.9 Å². The summed E-state index contributed by atoms with van der Waals surface area (Å²) in [6.45, 7) is 2.29. The van der Waals surface area contributed by atoms with Gasteiger partial charge in [0.25, 0.3) is 0 Å². The van der Waals surface area contributed by atoms with Crippen molar-refractivity contribution in [3.05, 3.63) is 59.9 Å². The zero-order chi connectivity index (χ0) is 11.7. The Bertz CT molecular complexity index is 507. The van der Waals surface area contributed by atoms with Gasteiger partial charge in [0, 0.05) is 11.9 Å². The largest absolute Gasteiger partial charge is 0.376 e. The molecule has 1 aromatic carbocycles. The van der Waals surface area contributed by atoms with Gasteiger partial charge in [0.05, 0.1) is 11.7 Å². The molecule has 1 aromatic heterocycles. The van der Waals surface area contributed by atoms with Gasteiger partial charge in [-0.3, -0.25) is 4.98 Å². The van der Waals surface area contributed by atoms with Crippen LogP contribution in [-0.4, -0.2) is 4.98 Å². The van der Waals surface area contributed by atoms with Crippen LogP contribution >= 0.6 is 0 Å². The van der Waals surface area contributed by atoms with Crippen molar-refractivity contribution in [2.24, 2.45) is 0 Å². The molecule has 0 saturated heterocycles. The third-order valence-corrected chi connectivity index (χ3v) is 3.46. The first-order valence-electron chi connectivity index (χ1n) is 6.11. The smallest absolute Gasteiger partial charge is 0.0691 e. The number of nitrogens with zero attached hydrogens (tertiary/aromatic N) is 1. The van der Waals surface area contributed by atoms with E-state index in [1.807, 2.05) is 12.3 Å². The summed E-state index contributed by atoms with van der Waals surface area (Å²) in [5, 5.41) is 3.58. The predicted octanol–water partition coefficient (Wildman–Crippen LogP) is 3.74. The Morgan fingerprint density at radius 2 is 1.94 bits per heavy atom. The van der Waals surface area contributed by atoms with Crippen LogP contribution in [0.1, 0.15) is 36.6 Å². The Balaban J connectivity index is 1.94. The molecule has 2 aromatic rings. The Morgan fingerprint density at radius 1 is 1.12 bits per heavy atom. The summed E-state index contributed by atoms with van der Waals surface area (Å²) in [7, 11) is 0. The maximum atomic E-state index is 4.45.